The first-order valence-corrected chi connectivity index (χ1v) is 8.64. The number of hydrogen-bond donors (Lipinski definition) is 0. The van der Waals surface area contributed by atoms with Crippen molar-refractivity contribution in [2.45, 2.75) is 11.0 Å². The molecular weight excluding hydrogens is 438 g/mol. The molecule has 0 aliphatic carbocycles. The van der Waals surface area contributed by atoms with Gasteiger partial charge in [0.15, 0.2) is 10.1 Å². The summed E-state index contributed by atoms with van der Waals surface area (Å²) in [6, 6.07) is 3.11. The summed E-state index contributed by atoms with van der Waals surface area (Å²) in [5, 5.41) is 21.6. The number of alkyl halides is 6. The van der Waals surface area contributed by atoms with E-state index in [-0.39, 0.29) is 5.39 Å². The van der Waals surface area contributed by atoms with Gasteiger partial charge in [0.25, 0.3) is 4.70 Å². The Labute approximate surface area is 146 Å². The minimum Gasteiger partial charge on any atom is -0.741 e. The summed E-state index contributed by atoms with van der Waals surface area (Å²) in [7, 11) is -8.74. The van der Waals surface area contributed by atoms with Crippen molar-refractivity contribution in [1.82, 2.24) is 0 Å². The standard InChI is InChI=1S/C9H4F3N2O4S.CHF3O3S/c10-9(11,12)19-4-7(14(17)18)5-2-1-3-6(8(5)19)13(15)16;2-1(3,4)8(5,6)7/h1-4H;(H,5,6,7)/q+1;/p-1. The maximum absolute atomic E-state index is 12.8. The summed E-state index contributed by atoms with van der Waals surface area (Å²) in [4.78, 5) is 19.5. The lowest BCUT2D eigenvalue weighted by Gasteiger charge is -2.08. The van der Waals surface area contributed by atoms with E-state index in [0.29, 0.717) is 5.38 Å². The fourth-order valence-corrected chi connectivity index (χ4v) is 3.36. The highest BCUT2D eigenvalue weighted by Crippen LogP contribution is 2.53. The first-order chi connectivity index (χ1) is 12.0. The van der Waals surface area contributed by atoms with E-state index in [1.54, 1.807) is 0 Å². The van der Waals surface area contributed by atoms with Crippen LogP contribution < -0.4 is 0 Å². The zero-order valence-electron chi connectivity index (χ0n) is 12.1. The molecule has 27 heavy (non-hydrogen) atoms. The van der Waals surface area contributed by atoms with Gasteiger partial charge in [-0.15, -0.1) is 13.2 Å². The van der Waals surface area contributed by atoms with Gasteiger partial charge in [-0.2, -0.15) is 13.2 Å². The number of benzene rings is 1. The van der Waals surface area contributed by atoms with Crippen LogP contribution in [0.5, 0.6) is 0 Å². The summed E-state index contributed by atoms with van der Waals surface area (Å²) in [5.74, 6) is 0. The van der Waals surface area contributed by atoms with Gasteiger partial charge in [-0.25, -0.2) is 8.42 Å². The Kier molecular flexibility index (Phi) is 6.03. The van der Waals surface area contributed by atoms with E-state index in [1.165, 1.54) is 0 Å². The van der Waals surface area contributed by atoms with Gasteiger partial charge in [-0.05, 0) is 6.07 Å². The number of nitrogens with zero attached hydrogens (tertiary/aromatic N) is 2. The average molecular weight is 442 g/mol. The third-order valence-corrected chi connectivity index (χ3v) is 5.04. The highest BCUT2D eigenvalue weighted by atomic mass is 32.2. The van der Waals surface area contributed by atoms with Gasteiger partial charge >= 0.3 is 22.4 Å². The van der Waals surface area contributed by atoms with E-state index < -0.39 is 57.5 Å². The lowest BCUT2D eigenvalue weighted by molar-refractivity contribution is -0.384. The summed E-state index contributed by atoms with van der Waals surface area (Å²) in [6.07, 6.45) is 0. The third-order valence-electron chi connectivity index (χ3n) is 2.65. The molecular formula is C10H4F6N2O7S2. The lowest BCUT2D eigenvalue weighted by atomic mass is 10.2. The molecule has 1 aromatic carbocycles. The zero-order chi connectivity index (χ0) is 21.4. The van der Waals surface area contributed by atoms with E-state index in [0.717, 1.165) is 18.2 Å². The number of hydrogen-bond acceptors (Lipinski definition) is 7. The molecule has 0 aliphatic heterocycles. The van der Waals surface area contributed by atoms with Gasteiger partial charge in [0.05, 0.1) is 9.85 Å². The minimum absolute atomic E-state index is 0.347. The summed E-state index contributed by atoms with van der Waals surface area (Å²) in [6.45, 7) is 0. The normalized spacial score (nSPS) is 13.1. The molecule has 17 heteroatoms. The van der Waals surface area contributed by atoms with Crippen molar-refractivity contribution in [2.75, 3.05) is 0 Å². The second kappa shape index (κ2) is 7.24. The largest absolute Gasteiger partial charge is 0.741 e. The van der Waals surface area contributed by atoms with Crippen molar-refractivity contribution >= 4 is 42.0 Å². The number of fused-ring (bicyclic) bond motifs is 1. The average Bonchev–Trinajstić information content (AvgIpc) is 2.85. The molecule has 0 radical (unpaired) electrons. The molecule has 0 bridgehead atoms. The van der Waals surface area contributed by atoms with Gasteiger partial charge in [-0.1, -0.05) is 6.07 Å². The monoisotopic (exact) mass is 442 g/mol. The van der Waals surface area contributed by atoms with Crippen LogP contribution in [0.4, 0.5) is 37.7 Å². The SMILES string of the molecule is O=S(=O)([O-])C(F)(F)F.O=[N+]([O-])c1c[s+](C(F)(F)F)c2c([N+](=O)[O-])cccc12. The van der Waals surface area contributed by atoms with Gasteiger partial charge in [0, 0.05) is 6.07 Å². The Bertz CT molecular complexity index is 996. The van der Waals surface area contributed by atoms with Crippen LogP contribution >= 0.6 is 10.5 Å². The number of thiophene rings is 1. The number of rotatable bonds is 2. The maximum Gasteiger partial charge on any atom is 0.601 e. The van der Waals surface area contributed by atoms with E-state index >= 15 is 0 Å². The fourth-order valence-electron chi connectivity index (χ4n) is 1.66. The molecule has 1 unspecified atom stereocenters. The smallest absolute Gasteiger partial charge is 0.601 e. The number of nitro groups is 2. The number of nitro benzene ring substituents is 1. The summed E-state index contributed by atoms with van der Waals surface area (Å²) in [5.41, 5.74) is -11.9. The Morgan fingerprint density at radius 3 is 1.70 bits per heavy atom. The first-order valence-electron chi connectivity index (χ1n) is 5.94. The molecule has 0 N–H and O–H groups in total. The molecule has 1 heterocycles. The molecule has 0 saturated heterocycles. The van der Waals surface area contributed by atoms with E-state index in [2.05, 4.69) is 0 Å². The van der Waals surface area contributed by atoms with Crippen LogP contribution in [0.3, 0.4) is 0 Å². The Balaban J connectivity index is 0.000000387. The molecule has 0 amide bonds. The summed E-state index contributed by atoms with van der Waals surface area (Å²) >= 11 is 0. The summed E-state index contributed by atoms with van der Waals surface area (Å²) < 4.78 is 96.8. The topological polar surface area (TPSA) is 143 Å². The van der Waals surface area contributed by atoms with Gasteiger partial charge in [0.1, 0.15) is 15.9 Å². The van der Waals surface area contributed by atoms with Crippen molar-refractivity contribution in [2.24, 2.45) is 0 Å². The maximum atomic E-state index is 12.8. The minimum atomic E-state index is -6.09. The molecule has 1 atom stereocenters. The molecule has 2 rings (SSSR count). The molecule has 0 spiro atoms. The molecule has 1 aromatic heterocycles. The Hall–Kier alpha value is -2.53. The van der Waals surface area contributed by atoms with Crippen LogP contribution in [0.15, 0.2) is 23.6 Å². The van der Waals surface area contributed by atoms with Crippen LogP contribution in [0.1, 0.15) is 0 Å². The molecule has 0 saturated carbocycles. The third kappa shape index (κ3) is 5.01. The highest BCUT2D eigenvalue weighted by Gasteiger charge is 2.50. The molecule has 0 fully saturated rings. The van der Waals surface area contributed by atoms with Crippen LogP contribution in [0.25, 0.3) is 10.1 Å². The fraction of sp³-hybridized carbons (Fsp3) is 0.200. The van der Waals surface area contributed by atoms with E-state index in [9.17, 15) is 46.6 Å². The predicted octanol–water partition coefficient (Wildman–Crippen LogP) is 3.93. The quantitative estimate of drug-likeness (QED) is 0.171. The van der Waals surface area contributed by atoms with Crippen LogP contribution in [-0.4, -0.2) is 28.3 Å². The predicted molar refractivity (Wildman–Crippen MR) is 76.8 cm³/mol. The second-order valence-electron chi connectivity index (χ2n) is 4.35. The van der Waals surface area contributed by atoms with Crippen molar-refractivity contribution in [3.63, 3.8) is 0 Å². The van der Waals surface area contributed by atoms with Crippen LogP contribution in [0, 0.1) is 20.2 Å². The van der Waals surface area contributed by atoms with Gasteiger partial charge in [0.2, 0.25) is 5.38 Å². The molecule has 0 aliphatic rings. The van der Waals surface area contributed by atoms with Crippen molar-refractivity contribution < 1.29 is 49.2 Å². The highest BCUT2D eigenvalue weighted by molar-refractivity contribution is 7.86. The molecule has 150 valence electrons. The van der Waals surface area contributed by atoms with Crippen LogP contribution in [-0.2, 0) is 15.6 Å². The van der Waals surface area contributed by atoms with Crippen LogP contribution in [0.2, 0.25) is 0 Å². The molecule has 2 aromatic rings. The van der Waals surface area contributed by atoms with Crippen molar-refractivity contribution in [3.8, 4) is 0 Å². The van der Waals surface area contributed by atoms with E-state index in [4.69, 9.17) is 13.0 Å². The number of non-ortho nitro benzene ring substituents is 1. The second-order valence-corrected chi connectivity index (χ2v) is 7.51. The van der Waals surface area contributed by atoms with Gasteiger partial charge < -0.3 is 4.55 Å². The zero-order valence-corrected chi connectivity index (χ0v) is 13.8. The first kappa shape index (κ1) is 22.5. The Morgan fingerprint density at radius 1 is 0.926 bits per heavy atom. The van der Waals surface area contributed by atoms with Crippen molar-refractivity contribution in [1.29, 1.82) is 0 Å². The Morgan fingerprint density at radius 2 is 1.37 bits per heavy atom. The van der Waals surface area contributed by atoms with Gasteiger partial charge in [-0.3, -0.25) is 20.2 Å². The van der Waals surface area contributed by atoms with Crippen molar-refractivity contribution in [3.05, 3.63) is 43.8 Å². The number of halogens is 6. The lowest BCUT2D eigenvalue weighted by Crippen LogP contribution is -2.21. The van der Waals surface area contributed by atoms with E-state index in [1.807, 2.05) is 0 Å². The molecule has 9 nitrogen and oxygen atoms in total.